The van der Waals surface area contributed by atoms with Crippen molar-refractivity contribution < 1.29 is 4.21 Å². The number of alkyl halides is 1. The summed E-state index contributed by atoms with van der Waals surface area (Å²) in [6.07, 6.45) is 1.87. The van der Waals surface area contributed by atoms with Gasteiger partial charge >= 0.3 is 0 Å². The van der Waals surface area contributed by atoms with Gasteiger partial charge in [-0.3, -0.25) is 0 Å². The summed E-state index contributed by atoms with van der Waals surface area (Å²) in [5.74, 6) is 0.456. The maximum absolute atomic E-state index is 12.1. The van der Waals surface area contributed by atoms with Crippen LogP contribution in [0.25, 0.3) is 6.08 Å². The van der Waals surface area contributed by atoms with Crippen LogP contribution in [0.5, 0.6) is 0 Å². The molecule has 1 unspecified atom stereocenters. The first-order chi connectivity index (χ1) is 9.20. The standard InChI is InChI=1S/C16H15ClOS/c1-13-6-8-16(9-7-13)19(18)11-10-14-4-2-3-5-15(14)12-17/h2-11H,12H2,1H3/b11-10-. The second kappa shape index (κ2) is 6.69. The molecule has 2 aromatic carbocycles. The molecule has 0 aromatic heterocycles. The van der Waals surface area contributed by atoms with Gasteiger partial charge in [-0.2, -0.15) is 0 Å². The van der Waals surface area contributed by atoms with Crippen molar-refractivity contribution in [2.24, 2.45) is 0 Å². The number of halogens is 1. The Labute approximate surface area is 121 Å². The molecule has 19 heavy (non-hydrogen) atoms. The van der Waals surface area contributed by atoms with Gasteiger partial charge in [0.1, 0.15) is 0 Å². The van der Waals surface area contributed by atoms with E-state index in [1.807, 2.05) is 61.5 Å². The highest BCUT2D eigenvalue weighted by atomic mass is 35.5. The van der Waals surface area contributed by atoms with E-state index in [9.17, 15) is 4.21 Å². The van der Waals surface area contributed by atoms with Crippen LogP contribution in [0.4, 0.5) is 0 Å². The molecule has 3 heteroatoms. The highest BCUT2D eigenvalue weighted by Crippen LogP contribution is 2.15. The van der Waals surface area contributed by atoms with Crippen molar-refractivity contribution >= 4 is 28.5 Å². The van der Waals surface area contributed by atoms with Gasteiger partial charge in [0, 0.05) is 16.2 Å². The van der Waals surface area contributed by atoms with E-state index in [2.05, 4.69) is 0 Å². The van der Waals surface area contributed by atoms with E-state index in [0.717, 1.165) is 21.6 Å². The van der Waals surface area contributed by atoms with Crippen LogP contribution in [-0.4, -0.2) is 4.21 Å². The molecule has 1 atom stereocenters. The number of hydrogen-bond acceptors (Lipinski definition) is 1. The van der Waals surface area contributed by atoms with E-state index < -0.39 is 10.8 Å². The Balaban J connectivity index is 2.18. The summed E-state index contributed by atoms with van der Waals surface area (Å²) in [4.78, 5) is 0.810. The van der Waals surface area contributed by atoms with E-state index in [1.54, 1.807) is 5.41 Å². The molecular formula is C16H15ClOS. The lowest BCUT2D eigenvalue weighted by molar-refractivity contribution is 0.688. The Morgan fingerprint density at radius 1 is 1.11 bits per heavy atom. The molecule has 0 bridgehead atoms. The fourth-order valence-corrected chi connectivity index (χ4v) is 2.78. The number of aryl methyl sites for hydroxylation is 1. The first-order valence-corrected chi connectivity index (χ1v) is 7.75. The molecule has 0 amide bonds. The normalized spacial score (nSPS) is 12.7. The Bertz CT molecular complexity index is 602. The Kier molecular flexibility index (Phi) is 4.94. The molecule has 0 N–H and O–H groups in total. The third-order valence-corrected chi connectivity index (χ3v) is 4.23. The quantitative estimate of drug-likeness (QED) is 0.757. The molecule has 0 fully saturated rings. The van der Waals surface area contributed by atoms with Crippen molar-refractivity contribution in [3.63, 3.8) is 0 Å². The summed E-state index contributed by atoms with van der Waals surface area (Å²) in [5, 5.41) is 1.70. The van der Waals surface area contributed by atoms with Crippen LogP contribution >= 0.6 is 11.6 Å². The third-order valence-electron chi connectivity index (χ3n) is 2.82. The Morgan fingerprint density at radius 2 is 1.79 bits per heavy atom. The molecule has 0 radical (unpaired) electrons. The zero-order valence-electron chi connectivity index (χ0n) is 10.7. The van der Waals surface area contributed by atoms with Crippen molar-refractivity contribution in [3.05, 3.63) is 70.6 Å². The average molecular weight is 291 g/mol. The van der Waals surface area contributed by atoms with Gasteiger partial charge in [0.05, 0.1) is 10.8 Å². The molecule has 0 saturated carbocycles. The van der Waals surface area contributed by atoms with Gasteiger partial charge in [-0.15, -0.1) is 11.6 Å². The van der Waals surface area contributed by atoms with Crippen molar-refractivity contribution in [1.29, 1.82) is 0 Å². The Morgan fingerprint density at radius 3 is 2.47 bits per heavy atom. The van der Waals surface area contributed by atoms with Gasteiger partial charge in [0.15, 0.2) is 0 Å². The van der Waals surface area contributed by atoms with Crippen LogP contribution in [-0.2, 0) is 16.7 Å². The lowest BCUT2D eigenvalue weighted by Gasteiger charge is -2.01. The average Bonchev–Trinajstić information content (AvgIpc) is 2.45. The second-order valence-electron chi connectivity index (χ2n) is 4.25. The predicted octanol–water partition coefficient (Wildman–Crippen LogP) is 4.51. The van der Waals surface area contributed by atoms with E-state index >= 15 is 0 Å². The van der Waals surface area contributed by atoms with E-state index in [0.29, 0.717) is 5.88 Å². The molecule has 0 aliphatic rings. The minimum atomic E-state index is -1.13. The highest BCUT2D eigenvalue weighted by molar-refractivity contribution is 7.88. The summed E-state index contributed by atoms with van der Waals surface area (Å²) in [7, 11) is -1.13. The maximum Gasteiger partial charge on any atom is 0.0776 e. The fraction of sp³-hybridized carbons (Fsp3) is 0.125. The second-order valence-corrected chi connectivity index (χ2v) is 5.85. The zero-order valence-corrected chi connectivity index (χ0v) is 12.2. The van der Waals surface area contributed by atoms with Crippen molar-refractivity contribution in [2.45, 2.75) is 17.7 Å². The molecule has 0 aliphatic carbocycles. The van der Waals surface area contributed by atoms with Crippen molar-refractivity contribution in [2.75, 3.05) is 0 Å². The Hall–Kier alpha value is -1.38. The van der Waals surface area contributed by atoms with Crippen molar-refractivity contribution in [1.82, 2.24) is 0 Å². The summed E-state index contributed by atoms with van der Waals surface area (Å²) < 4.78 is 12.1. The van der Waals surface area contributed by atoms with Gasteiger partial charge in [-0.05, 0) is 36.3 Å². The first-order valence-electron chi connectivity index (χ1n) is 6.00. The summed E-state index contributed by atoms with van der Waals surface area (Å²) >= 11 is 5.87. The largest absolute Gasteiger partial charge is 0.250 e. The monoisotopic (exact) mass is 290 g/mol. The molecule has 1 nitrogen and oxygen atoms in total. The maximum atomic E-state index is 12.1. The van der Waals surface area contributed by atoms with Gasteiger partial charge in [0.2, 0.25) is 0 Å². The predicted molar refractivity (Wildman–Crippen MR) is 82.6 cm³/mol. The highest BCUT2D eigenvalue weighted by Gasteiger charge is 2.00. The van der Waals surface area contributed by atoms with E-state index in [1.165, 1.54) is 0 Å². The van der Waals surface area contributed by atoms with Crippen LogP contribution in [0, 0.1) is 6.92 Å². The molecular weight excluding hydrogens is 276 g/mol. The number of hydrogen-bond donors (Lipinski definition) is 0. The molecule has 0 aliphatic heterocycles. The molecule has 0 spiro atoms. The molecule has 0 saturated heterocycles. The minimum Gasteiger partial charge on any atom is -0.250 e. The van der Waals surface area contributed by atoms with Crippen LogP contribution in [0.1, 0.15) is 16.7 Å². The van der Waals surface area contributed by atoms with Gasteiger partial charge in [-0.1, -0.05) is 42.0 Å². The summed E-state index contributed by atoms with van der Waals surface area (Å²) in [6, 6.07) is 15.6. The van der Waals surface area contributed by atoms with Crippen LogP contribution in [0.15, 0.2) is 58.8 Å². The zero-order chi connectivity index (χ0) is 13.7. The van der Waals surface area contributed by atoms with Gasteiger partial charge in [0.25, 0.3) is 0 Å². The minimum absolute atomic E-state index is 0.456. The molecule has 2 rings (SSSR count). The molecule has 98 valence electrons. The van der Waals surface area contributed by atoms with Crippen LogP contribution in [0.3, 0.4) is 0 Å². The van der Waals surface area contributed by atoms with Gasteiger partial charge < -0.3 is 0 Å². The number of rotatable bonds is 4. The van der Waals surface area contributed by atoms with Gasteiger partial charge in [-0.25, -0.2) is 4.21 Å². The summed E-state index contributed by atoms with van der Waals surface area (Å²) in [6.45, 7) is 2.01. The smallest absolute Gasteiger partial charge is 0.0776 e. The lowest BCUT2D eigenvalue weighted by Crippen LogP contribution is -1.88. The van der Waals surface area contributed by atoms with E-state index in [-0.39, 0.29) is 0 Å². The van der Waals surface area contributed by atoms with Crippen LogP contribution < -0.4 is 0 Å². The SMILES string of the molecule is Cc1ccc(S(=O)/C=C\c2ccccc2CCl)cc1. The molecule has 0 heterocycles. The lowest BCUT2D eigenvalue weighted by atomic mass is 10.1. The van der Waals surface area contributed by atoms with Crippen molar-refractivity contribution in [3.8, 4) is 0 Å². The third kappa shape index (κ3) is 3.79. The number of benzene rings is 2. The van der Waals surface area contributed by atoms with E-state index in [4.69, 9.17) is 11.6 Å². The topological polar surface area (TPSA) is 17.1 Å². The first kappa shape index (κ1) is 14.0. The molecule has 2 aromatic rings. The summed E-state index contributed by atoms with van der Waals surface area (Å²) in [5.41, 5.74) is 3.22. The van der Waals surface area contributed by atoms with Crippen LogP contribution in [0.2, 0.25) is 0 Å². The fourth-order valence-electron chi connectivity index (χ4n) is 1.70.